The van der Waals surface area contributed by atoms with Crippen molar-refractivity contribution in [2.75, 3.05) is 26.4 Å². The molecular formula is C23H41NO22S. The Labute approximate surface area is 266 Å². The number of hydrogen-bond acceptors (Lipinski definition) is 20. The Morgan fingerprint density at radius 2 is 1.57 bits per heavy atom. The normalized spacial score (nSPS) is 35.7. The number of nitrogens with one attached hydrogen (secondary N) is 1. The van der Waals surface area contributed by atoms with E-state index in [0.717, 1.165) is 6.92 Å². The van der Waals surface area contributed by atoms with Crippen LogP contribution < -0.4 is 5.32 Å². The molecule has 2 fully saturated rings. The summed E-state index contributed by atoms with van der Waals surface area (Å²) in [5.74, 6) is -6.00. The molecule has 0 aliphatic carbocycles. The van der Waals surface area contributed by atoms with E-state index in [1.165, 1.54) is 0 Å². The van der Waals surface area contributed by atoms with Gasteiger partial charge < -0.3 is 85.5 Å². The molecule has 2 aliphatic heterocycles. The maximum atomic E-state index is 12.6. The molecule has 2 heterocycles. The fourth-order valence-corrected chi connectivity index (χ4v) is 5.22. The van der Waals surface area contributed by atoms with Crippen LogP contribution in [0.15, 0.2) is 0 Å². The van der Waals surface area contributed by atoms with Gasteiger partial charge in [0.25, 0.3) is 5.79 Å². The second-order valence-corrected chi connectivity index (χ2v) is 11.9. The SMILES string of the molecule is CC(=O)N[C@H]1[C@H]([C@H](O)[C@H](O)CO)O[C@@](O[C@H]2[C@@H](O)[C@@H](CO)O[C@@H](O[C@@H]([C@H](O)[C@@H](O)CO)[C@H](O)COS(=O)(=O)O)[C@@H]2O)(C(=O)O)C[C@@H]1O. The first kappa shape index (κ1) is 41.4. The van der Waals surface area contributed by atoms with Crippen LogP contribution in [0.3, 0.4) is 0 Å². The number of amides is 1. The molecule has 1 amide bonds. The third-order valence-electron chi connectivity index (χ3n) is 7.31. The molecule has 0 spiro atoms. The summed E-state index contributed by atoms with van der Waals surface area (Å²) in [6.45, 7) is -3.72. The third-order valence-corrected chi connectivity index (χ3v) is 7.74. The average Bonchev–Trinajstić information content (AvgIpc) is 3.00. The molecule has 23 nitrogen and oxygen atoms in total. The minimum atomic E-state index is -5.18. The lowest BCUT2D eigenvalue weighted by molar-refractivity contribution is -0.377. The van der Waals surface area contributed by atoms with E-state index in [-0.39, 0.29) is 0 Å². The van der Waals surface area contributed by atoms with Crippen LogP contribution in [-0.2, 0) is 43.1 Å². The zero-order chi connectivity index (χ0) is 36.0. The third kappa shape index (κ3) is 10.4. The van der Waals surface area contributed by atoms with Crippen LogP contribution in [0.2, 0.25) is 0 Å². The minimum Gasteiger partial charge on any atom is -0.477 e. The number of carbonyl (C=O) groups excluding carboxylic acids is 1. The van der Waals surface area contributed by atoms with Crippen LogP contribution in [0.25, 0.3) is 0 Å². The van der Waals surface area contributed by atoms with E-state index < -0.39 is 146 Å². The minimum absolute atomic E-state index is 0.801. The van der Waals surface area contributed by atoms with Crippen molar-refractivity contribution in [2.24, 2.45) is 0 Å². The van der Waals surface area contributed by atoms with E-state index >= 15 is 0 Å². The van der Waals surface area contributed by atoms with E-state index in [1.807, 2.05) is 0 Å². The van der Waals surface area contributed by atoms with Gasteiger partial charge in [-0.2, -0.15) is 8.42 Å². The van der Waals surface area contributed by atoms with E-state index in [2.05, 4.69) is 9.50 Å². The molecule has 0 saturated carbocycles. The highest BCUT2D eigenvalue weighted by molar-refractivity contribution is 7.80. The zero-order valence-corrected chi connectivity index (χ0v) is 25.3. The number of aliphatic hydroxyl groups excluding tert-OH is 11. The molecule has 0 aromatic carbocycles. The molecule has 2 saturated heterocycles. The predicted molar refractivity (Wildman–Crippen MR) is 143 cm³/mol. The second-order valence-electron chi connectivity index (χ2n) is 10.8. The molecule has 15 atom stereocenters. The number of ether oxygens (including phenoxy) is 4. The molecule has 14 N–H and O–H groups in total. The van der Waals surface area contributed by atoms with Crippen molar-refractivity contribution in [3.8, 4) is 0 Å². The molecule has 0 radical (unpaired) electrons. The van der Waals surface area contributed by atoms with Crippen molar-refractivity contribution in [3.05, 3.63) is 0 Å². The number of carbonyl (C=O) groups is 2. The first-order valence-electron chi connectivity index (χ1n) is 13.8. The summed E-state index contributed by atoms with van der Waals surface area (Å²) in [5, 5.41) is 125. The Morgan fingerprint density at radius 1 is 0.979 bits per heavy atom. The highest BCUT2D eigenvalue weighted by atomic mass is 32.3. The highest BCUT2D eigenvalue weighted by Crippen LogP contribution is 2.37. The molecule has 0 aromatic heterocycles. The first-order chi connectivity index (χ1) is 21.7. The van der Waals surface area contributed by atoms with Crippen LogP contribution in [0.4, 0.5) is 0 Å². The number of hydrogen-bond donors (Lipinski definition) is 14. The van der Waals surface area contributed by atoms with Gasteiger partial charge in [0.05, 0.1) is 38.6 Å². The summed E-state index contributed by atoms with van der Waals surface area (Å²) in [5.41, 5.74) is 0. The number of carboxylic acids is 1. The summed E-state index contributed by atoms with van der Waals surface area (Å²) in [4.78, 5) is 24.3. The van der Waals surface area contributed by atoms with Gasteiger partial charge in [0.15, 0.2) is 6.29 Å². The number of rotatable bonds is 17. The molecule has 0 unspecified atom stereocenters. The number of aliphatic hydroxyl groups is 11. The van der Waals surface area contributed by atoms with Crippen LogP contribution in [0, 0.1) is 0 Å². The van der Waals surface area contributed by atoms with Gasteiger partial charge >= 0.3 is 16.4 Å². The lowest BCUT2D eigenvalue weighted by atomic mass is 9.88. The van der Waals surface area contributed by atoms with Crippen molar-refractivity contribution in [3.63, 3.8) is 0 Å². The smallest absolute Gasteiger partial charge is 0.397 e. The van der Waals surface area contributed by atoms with Gasteiger partial charge in [-0.25, -0.2) is 8.98 Å². The van der Waals surface area contributed by atoms with Crippen LogP contribution in [0.5, 0.6) is 0 Å². The first-order valence-corrected chi connectivity index (χ1v) is 15.2. The van der Waals surface area contributed by atoms with E-state index in [9.17, 15) is 79.3 Å². The number of carboxylic acid groups (broad SMARTS) is 1. The van der Waals surface area contributed by atoms with Crippen molar-refractivity contribution >= 4 is 22.3 Å². The fraction of sp³-hybridized carbons (Fsp3) is 0.913. The lowest BCUT2D eigenvalue weighted by Crippen LogP contribution is -2.70. The van der Waals surface area contributed by atoms with Gasteiger partial charge in [0.2, 0.25) is 5.91 Å². The number of aliphatic carboxylic acids is 1. The summed E-state index contributed by atoms with van der Waals surface area (Å²) in [6, 6.07) is -1.61. The van der Waals surface area contributed by atoms with Crippen LogP contribution >= 0.6 is 0 Å². The van der Waals surface area contributed by atoms with E-state index in [0.29, 0.717) is 0 Å². The Morgan fingerprint density at radius 3 is 2.06 bits per heavy atom. The molecule has 47 heavy (non-hydrogen) atoms. The van der Waals surface area contributed by atoms with Gasteiger partial charge in [-0.05, 0) is 0 Å². The Hall–Kier alpha value is -1.79. The summed E-state index contributed by atoms with van der Waals surface area (Å²) < 4.78 is 56.2. The molecule has 24 heteroatoms. The molecule has 0 aromatic rings. The topological polar surface area (TPSA) is 389 Å². The van der Waals surface area contributed by atoms with Crippen molar-refractivity contribution in [2.45, 2.75) is 105 Å². The van der Waals surface area contributed by atoms with Gasteiger partial charge in [-0.3, -0.25) is 9.35 Å². The van der Waals surface area contributed by atoms with Gasteiger partial charge in [0.1, 0.15) is 67.1 Å². The van der Waals surface area contributed by atoms with Crippen LogP contribution in [0.1, 0.15) is 13.3 Å². The lowest BCUT2D eigenvalue weighted by Gasteiger charge is -2.50. The second kappa shape index (κ2) is 17.2. The molecule has 276 valence electrons. The van der Waals surface area contributed by atoms with Crippen molar-refractivity contribution < 1.29 is 107 Å². The molecular weight excluding hydrogens is 674 g/mol. The molecule has 2 aliphatic rings. The monoisotopic (exact) mass is 715 g/mol. The van der Waals surface area contributed by atoms with E-state index in [4.69, 9.17) is 23.5 Å². The van der Waals surface area contributed by atoms with E-state index in [1.54, 1.807) is 0 Å². The maximum absolute atomic E-state index is 12.6. The maximum Gasteiger partial charge on any atom is 0.397 e. The average molecular weight is 716 g/mol. The van der Waals surface area contributed by atoms with Crippen LogP contribution in [-0.4, -0.2) is 204 Å². The molecule has 2 rings (SSSR count). The van der Waals surface area contributed by atoms with Gasteiger partial charge in [0, 0.05) is 13.3 Å². The van der Waals surface area contributed by atoms with Crippen molar-refractivity contribution in [1.82, 2.24) is 5.32 Å². The van der Waals surface area contributed by atoms with Crippen molar-refractivity contribution in [1.29, 1.82) is 0 Å². The summed E-state index contributed by atoms with van der Waals surface area (Å²) >= 11 is 0. The molecule has 0 bridgehead atoms. The van der Waals surface area contributed by atoms with Gasteiger partial charge in [-0.15, -0.1) is 0 Å². The zero-order valence-electron chi connectivity index (χ0n) is 24.5. The summed E-state index contributed by atoms with van der Waals surface area (Å²) in [6.07, 6.45) is -29.2. The van der Waals surface area contributed by atoms with Gasteiger partial charge in [-0.1, -0.05) is 0 Å². The standard InChI is InChI=1S/C23H41NO22S/c1-7(28)24-13-8(29)2-23(22(37)38,45-19(13)15(34)10(31)4-26)46-20-16(35)12(5-27)43-21(17(20)36)44-18(14(33)9(30)3-25)11(32)6-42-47(39,40)41/h8-21,25-27,29-36H,2-6H2,1H3,(H,24,28)(H,37,38)(H,39,40,41)/t8-,9-,10+,11+,12+,13+,14+,15+,16-,17+,18+,19+,20-,21-,23-/m0/s1. The highest BCUT2D eigenvalue weighted by Gasteiger charge is 2.59. The quantitative estimate of drug-likeness (QED) is 0.0621. The Kier molecular flexibility index (Phi) is 15.2. The largest absolute Gasteiger partial charge is 0.477 e. The Bertz CT molecular complexity index is 1130. The summed E-state index contributed by atoms with van der Waals surface area (Å²) in [7, 11) is -5.18. The Balaban J connectivity index is 2.51. The fourth-order valence-electron chi connectivity index (χ4n) is 4.90. The predicted octanol–water partition coefficient (Wildman–Crippen LogP) is -8.76.